The smallest absolute Gasteiger partial charge is 0.382 e. The second-order valence-electron chi connectivity index (χ2n) is 5.98. The molecule has 0 spiro atoms. The van der Waals surface area contributed by atoms with Gasteiger partial charge in [-0.05, 0) is 12.1 Å². The van der Waals surface area contributed by atoms with Crippen molar-refractivity contribution in [3.05, 3.63) is 47.1 Å². The number of nitrogens with zero attached hydrogens (tertiary/aromatic N) is 4. The number of halogens is 4. The first kappa shape index (κ1) is 21.7. The lowest BCUT2D eigenvalue weighted by atomic mass is 10.2. The highest BCUT2D eigenvalue weighted by atomic mass is 35.5. The molecule has 2 N–H and O–H groups in total. The molecule has 0 saturated heterocycles. The highest BCUT2D eigenvalue weighted by molar-refractivity contribution is 6.29. The normalized spacial score (nSPS) is 12.7. The average Bonchev–Trinajstić information content (AvgIpc) is 3.06. The molecular weight excluding hydrogens is 429 g/mol. The minimum atomic E-state index is -4.64. The van der Waals surface area contributed by atoms with E-state index in [0.29, 0.717) is 11.3 Å². The van der Waals surface area contributed by atoms with Gasteiger partial charge in [0.05, 0.1) is 18.5 Å². The van der Waals surface area contributed by atoms with Crippen LogP contribution in [0.2, 0.25) is 5.15 Å². The van der Waals surface area contributed by atoms with Gasteiger partial charge in [-0.25, -0.2) is 14.3 Å². The van der Waals surface area contributed by atoms with E-state index in [9.17, 15) is 18.0 Å². The minimum absolute atomic E-state index is 0.0901. The fourth-order valence-corrected chi connectivity index (χ4v) is 2.86. The molecule has 13 heteroatoms. The summed E-state index contributed by atoms with van der Waals surface area (Å²) in [6.45, 7) is 0.128. The van der Waals surface area contributed by atoms with Gasteiger partial charge in [0.2, 0.25) is 0 Å². The van der Waals surface area contributed by atoms with Gasteiger partial charge in [-0.2, -0.15) is 18.3 Å². The number of nitrogens with one attached hydrogen (secondary N) is 2. The topological polar surface area (TPSA) is 103 Å². The Morgan fingerprint density at radius 2 is 2.03 bits per heavy atom. The first-order valence-electron chi connectivity index (χ1n) is 8.40. The van der Waals surface area contributed by atoms with Crippen molar-refractivity contribution in [3.63, 3.8) is 0 Å². The second-order valence-corrected chi connectivity index (χ2v) is 6.37. The van der Waals surface area contributed by atoms with Crippen LogP contribution in [0, 0.1) is 0 Å². The number of alkyl halides is 3. The zero-order valence-electron chi connectivity index (χ0n) is 15.7. The fourth-order valence-electron chi connectivity index (χ4n) is 2.69. The van der Waals surface area contributed by atoms with Crippen molar-refractivity contribution in [1.82, 2.24) is 19.6 Å². The Morgan fingerprint density at radius 3 is 2.70 bits per heavy atom. The number of hydrogen-bond acceptors (Lipinski definition) is 6. The van der Waals surface area contributed by atoms with Crippen molar-refractivity contribution in [2.75, 3.05) is 31.5 Å². The molecule has 3 heterocycles. The number of carbonyl (C=O) groups excluding carboxylic acids is 1. The summed E-state index contributed by atoms with van der Waals surface area (Å²) in [5.74, 6) is 0. The van der Waals surface area contributed by atoms with Gasteiger partial charge >= 0.3 is 12.2 Å². The van der Waals surface area contributed by atoms with Crippen LogP contribution >= 0.6 is 11.6 Å². The van der Waals surface area contributed by atoms with Crippen LogP contribution in [0.15, 0.2) is 30.6 Å². The third-order valence-corrected chi connectivity index (χ3v) is 4.14. The number of pyridine rings is 1. The summed E-state index contributed by atoms with van der Waals surface area (Å²) in [5, 5.41) is 9.17. The number of amides is 2. The number of fused-ring (bicyclic) bond motifs is 1. The molecule has 3 rings (SSSR count). The van der Waals surface area contributed by atoms with E-state index in [2.05, 4.69) is 25.7 Å². The first-order chi connectivity index (χ1) is 14.2. The van der Waals surface area contributed by atoms with Crippen LogP contribution in [0.4, 0.5) is 29.3 Å². The SMILES string of the molecule is COCC(OC)c1c(NC(=O)Nc2ccnc(C(F)(F)F)c2)cnc2cc(Cl)nn12. The summed E-state index contributed by atoms with van der Waals surface area (Å²) in [6, 6.07) is 2.66. The molecule has 0 bridgehead atoms. The molecule has 160 valence electrons. The number of anilines is 2. The Kier molecular flexibility index (Phi) is 6.39. The number of ether oxygens (including phenoxy) is 2. The maximum Gasteiger partial charge on any atom is 0.433 e. The number of hydrogen-bond donors (Lipinski definition) is 2. The first-order valence-corrected chi connectivity index (χ1v) is 8.78. The third kappa shape index (κ3) is 4.78. The summed E-state index contributed by atoms with van der Waals surface area (Å²) in [7, 11) is 2.92. The Balaban J connectivity index is 1.90. The molecular formula is C17H16ClF3N6O3. The molecule has 0 aromatic carbocycles. The van der Waals surface area contributed by atoms with Crippen molar-refractivity contribution in [2.24, 2.45) is 0 Å². The van der Waals surface area contributed by atoms with Crippen LogP contribution in [0.25, 0.3) is 5.65 Å². The Labute approximate surface area is 173 Å². The standard InChI is InChI=1S/C17H16ClF3N6O3/c1-29-8-11(30-2)15-10(7-23-14-6-13(18)26-27(14)15)25-16(28)24-9-3-4-22-12(5-9)17(19,20)21/h3-7,11H,8H2,1-2H3,(H2,22,24,25,28). The quantitative estimate of drug-likeness (QED) is 0.600. The number of aromatic nitrogens is 4. The summed E-state index contributed by atoms with van der Waals surface area (Å²) in [5.41, 5.74) is -0.225. The van der Waals surface area contributed by atoms with Gasteiger partial charge in [-0.3, -0.25) is 4.98 Å². The van der Waals surface area contributed by atoms with Crippen molar-refractivity contribution in [3.8, 4) is 0 Å². The summed E-state index contributed by atoms with van der Waals surface area (Å²) in [6.07, 6.45) is -2.98. The second kappa shape index (κ2) is 8.81. The molecule has 2 amide bonds. The van der Waals surface area contributed by atoms with Crippen LogP contribution in [-0.2, 0) is 15.7 Å². The Bertz CT molecular complexity index is 1060. The molecule has 0 aliphatic carbocycles. The van der Waals surface area contributed by atoms with Gasteiger partial charge in [-0.15, -0.1) is 0 Å². The molecule has 3 aromatic rings. The number of carbonyl (C=O) groups is 1. The molecule has 0 fully saturated rings. The highest BCUT2D eigenvalue weighted by Gasteiger charge is 2.32. The highest BCUT2D eigenvalue weighted by Crippen LogP contribution is 2.29. The van der Waals surface area contributed by atoms with Crippen molar-refractivity contribution < 1.29 is 27.4 Å². The van der Waals surface area contributed by atoms with Gasteiger partial charge in [0.15, 0.2) is 10.8 Å². The maximum atomic E-state index is 12.8. The monoisotopic (exact) mass is 444 g/mol. The lowest BCUT2D eigenvalue weighted by Crippen LogP contribution is -2.24. The van der Waals surface area contributed by atoms with E-state index in [0.717, 1.165) is 12.3 Å². The average molecular weight is 445 g/mol. The van der Waals surface area contributed by atoms with E-state index >= 15 is 0 Å². The molecule has 1 atom stereocenters. The predicted molar refractivity (Wildman–Crippen MR) is 102 cm³/mol. The van der Waals surface area contributed by atoms with E-state index in [1.165, 1.54) is 37.1 Å². The van der Waals surface area contributed by atoms with Crippen LogP contribution in [0.3, 0.4) is 0 Å². The molecule has 30 heavy (non-hydrogen) atoms. The van der Waals surface area contributed by atoms with Gasteiger partial charge in [-0.1, -0.05) is 11.6 Å². The molecule has 1 unspecified atom stereocenters. The maximum absolute atomic E-state index is 12.8. The zero-order valence-corrected chi connectivity index (χ0v) is 16.5. The van der Waals surface area contributed by atoms with Crippen molar-refractivity contribution >= 4 is 34.7 Å². The van der Waals surface area contributed by atoms with E-state index < -0.39 is 24.0 Å². The van der Waals surface area contributed by atoms with E-state index in [4.69, 9.17) is 21.1 Å². The van der Waals surface area contributed by atoms with Crippen molar-refractivity contribution in [2.45, 2.75) is 12.3 Å². The summed E-state index contributed by atoms with van der Waals surface area (Å²) in [4.78, 5) is 19.8. The van der Waals surface area contributed by atoms with E-state index in [-0.39, 0.29) is 23.1 Å². The lowest BCUT2D eigenvalue weighted by molar-refractivity contribution is -0.141. The Morgan fingerprint density at radius 1 is 1.27 bits per heavy atom. The molecule has 0 saturated carbocycles. The predicted octanol–water partition coefficient (Wildman–Crippen LogP) is 3.77. The van der Waals surface area contributed by atoms with E-state index in [1.54, 1.807) is 0 Å². The zero-order chi connectivity index (χ0) is 21.9. The van der Waals surface area contributed by atoms with Crippen molar-refractivity contribution in [1.29, 1.82) is 0 Å². The third-order valence-electron chi connectivity index (χ3n) is 3.95. The van der Waals surface area contributed by atoms with Crippen LogP contribution in [0.1, 0.15) is 17.5 Å². The number of methoxy groups -OCH3 is 2. The summed E-state index contributed by atoms with van der Waals surface area (Å²) < 4.78 is 50.4. The molecule has 0 aliphatic rings. The summed E-state index contributed by atoms with van der Waals surface area (Å²) >= 11 is 5.96. The number of urea groups is 1. The van der Waals surface area contributed by atoms with Gasteiger partial charge < -0.3 is 20.1 Å². The lowest BCUT2D eigenvalue weighted by Gasteiger charge is -2.19. The molecule has 0 radical (unpaired) electrons. The largest absolute Gasteiger partial charge is 0.433 e. The molecule has 3 aromatic heterocycles. The van der Waals surface area contributed by atoms with Gasteiger partial charge in [0, 0.05) is 32.2 Å². The Hall–Kier alpha value is -2.96. The van der Waals surface area contributed by atoms with Gasteiger partial charge in [0.1, 0.15) is 17.5 Å². The number of rotatable bonds is 6. The fraction of sp³-hybridized carbons (Fsp3) is 0.294. The molecule has 9 nitrogen and oxygen atoms in total. The van der Waals surface area contributed by atoms with E-state index in [1.807, 2.05) is 0 Å². The minimum Gasteiger partial charge on any atom is -0.382 e. The van der Waals surface area contributed by atoms with Gasteiger partial charge in [0.25, 0.3) is 0 Å². The van der Waals surface area contributed by atoms with Crippen LogP contribution < -0.4 is 10.6 Å². The van der Waals surface area contributed by atoms with Crippen LogP contribution in [-0.4, -0.2) is 46.4 Å². The molecule has 0 aliphatic heterocycles. The van der Waals surface area contributed by atoms with Crippen LogP contribution in [0.5, 0.6) is 0 Å².